The Morgan fingerprint density at radius 2 is 2.17 bits per heavy atom. The number of hydrogen-bond donors (Lipinski definition) is 1. The zero-order valence-corrected chi connectivity index (χ0v) is 11.7. The first-order valence-corrected chi connectivity index (χ1v) is 6.95. The van der Waals surface area contributed by atoms with Gasteiger partial charge in [0.25, 0.3) is 0 Å². The van der Waals surface area contributed by atoms with Crippen LogP contribution in [0.15, 0.2) is 18.2 Å². The Labute approximate surface area is 110 Å². The first kappa shape index (κ1) is 13.5. The number of halogens is 1. The van der Waals surface area contributed by atoms with Crippen molar-refractivity contribution in [3.63, 3.8) is 0 Å². The Hall–Kier alpha value is -0.890. The minimum absolute atomic E-state index is 0.145. The van der Waals surface area contributed by atoms with Crippen LogP contribution in [0.4, 0.5) is 4.39 Å². The summed E-state index contributed by atoms with van der Waals surface area (Å²) in [5.41, 5.74) is 2.47. The van der Waals surface area contributed by atoms with Gasteiger partial charge in [0.1, 0.15) is 5.67 Å². The molecule has 1 aliphatic heterocycles. The van der Waals surface area contributed by atoms with Crippen LogP contribution in [-0.2, 0) is 6.42 Å². The van der Waals surface area contributed by atoms with Crippen LogP contribution < -0.4 is 5.32 Å². The molecule has 18 heavy (non-hydrogen) atoms. The summed E-state index contributed by atoms with van der Waals surface area (Å²) in [6, 6.07) is 6.32. The van der Waals surface area contributed by atoms with E-state index >= 15 is 0 Å². The maximum Gasteiger partial charge on any atom is 0.116 e. The molecule has 0 radical (unpaired) electrons. The van der Waals surface area contributed by atoms with E-state index in [-0.39, 0.29) is 5.92 Å². The molecule has 1 saturated heterocycles. The Morgan fingerprint density at radius 1 is 1.39 bits per heavy atom. The van der Waals surface area contributed by atoms with Crippen molar-refractivity contribution < 1.29 is 4.39 Å². The van der Waals surface area contributed by atoms with Crippen LogP contribution in [0.5, 0.6) is 0 Å². The summed E-state index contributed by atoms with van der Waals surface area (Å²) in [4.78, 5) is 0. The molecule has 1 heterocycles. The quantitative estimate of drug-likeness (QED) is 0.863. The van der Waals surface area contributed by atoms with Crippen LogP contribution in [0.25, 0.3) is 0 Å². The largest absolute Gasteiger partial charge is 0.316 e. The van der Waals surface area contributed by atoms with Gasteiger partial charge in [-0.25, -0.2) is 4.39 Å². The summed E-state index contributed by atoms with van der Waals surface area (Å²) in [6.45, 7) is 7.77. The summed E-state index contributed by atoms with van der Waals surface area (Å²) in [7, 11) is 0. The van der Waals surface area contributed by atoms with Gasteiger partial charge in [-0.15, -0.1) is 0 Å². The number of aryl methyl sites for hydroxylation is 2. The van der Waals surface area contributed by atoms with E-state index in [9.17, 15) is 4.39 Å². The van der Waals surface area contributed by atoms with Gasteiger partial charge in [-0.3, -0.25) is 0 Å². The highest BCUT2D eigenvalue weighted by Gasteiger charge is 2.35. The third kappa shape index (κ3) is 3.11. The molecule has 0 bridgehead atoms. The van der Waals surface area contributed by atoms with Gasteiger partial charge >= 0.3 is 0 Å². The Balaban J connectivity index is 2.13. The molecule has 0 aromatic heterocycles. The van der Waals surface area contributed by atoms with Gasteiger partial charge in [0, 0.05) is 18.9 Å². The highest BCUT2D eigenvalue weighted by Crippen LogP contribution is 2.32. The maximum absolute atomic E-state index is 14.9. The summed E-state index contributed by atoms with van der Waals surface area (Å²) in [5.74, 6) is 0.145. The molecule has 1 aromatic rings. The molecule has 2 unspecified atom stereocenters. The molecular formula is C16H24FN. The van der Waals surface area contributed by atoms with E-state index in [0.717, 1.165) is 31.5 Å². The predicted molar refractivity (Wildman–Crippen MR) is 74.7 cm³/mol. The fourth-order valence-electron chi connectivity index (χ4n) is 2.87. The Kier molecular flexibility index (Phi) is 4.06. The monoisotopic (exact) mass is 249 g/mol. The highest BCUT2D eigenvalue weighted by atomic mass is 19.1. The number of hydrogen-bond acceptors (Lipinski definition) is 1. The van der Waals surface area contributed by atoms with Crippen LogP contribution in [0, 0.1) is 19.8 Å². The van der Waals surface area contributed by atoms with Gasteiger partial charge in [0.05, 0.1) is 0 Å². The van der Waals surface area contributed by atoms with Crippen molar-refractivity contribution in [1.29, 1.82) is 0 Å². The molecule has 0 spiro atoms. The average Bonchev–Trinajstić information content (AvgIpc) is 2.35. The standard InChI is InChI=1S/C16H24FN/c1-12-6-7-13(2)14(9-12)10-16(3,17)15-5-4-8-18-11-15/h6-7,9,15,18H,4-5,8,10-11H2,1-3H3. The second-order valence-corrected chi connectivity index (χ2v) is 5.93. The minimum atomic E-state index is -1.11. The molecule has 2 atom stereocenters. The molecule has 0 saturated carbocycles. The molecule has 0 amide bonds. The average molecular weight is 249 g/mol. The molecule has 2 heteroatoms. The first-order valence-electron chi connectivity index (χ1n) is 6.95. The van der Waals surface area contributed by atoms with Gasteiger partial charge in [-0.2, -0.15) is 0 Å². The topological polar surface area (TPSA) is 12.0 Å². The van der Waals surface area contributed by atoms with Crippen molar-refractivity contribution >= 4 is 0 Å². The number of benzene rings is 1. The van der Waals surface area contributed by atoms with E-state index in [4.69, 9.17) is 0 Å². The van der Waals surface area contributed by atoms with Crippen molar-refractivity contribution in [1.82, 2.24) is 5.32 Å². The van der Waals surface area contributed by atoms with E-state index in [1.54, 1.807) is 6.92 Å². The lowest BCUT2D eigenvalue weighted by molar-refractivity contribution is 0.0832. The number of alkyl halides is 1. The molecule has 2 rings (SSSR count). The van der Waals surface area contributed by atoms with Gasteiger partial charge in [-0.1, -0.05) is 23.8 Å². The lowest BCUT2D eigenvalue weighted by Crippen LogP contribution is -2.42. The maximum atomic E-state index is 14.9. The third-order valence-electron chi connectivity index (χ3n) is 4.19. The van der Waals surface area contributed by atoms with Crippen LogP contribution in [0.1, 0.15) is 36.5 Å². The summed E-state index contributed by atoms with van der Waals surface area (Å²) < 4.78 is 14.9. The molecule has 0 aliphatic carbocycles. The van der Waals surface area contributed by atoms with Gasteiger partial charge in [0.15, 0.2) is 0 Å². The molecule has 1 fully saturated rings. The molecule has 100 valence electrons. The van der Waals surface area contributed by atoms with Crippen molar-refractivity contribution in [3.8, 4) is 0 Å². The van der Waals surface area contributed by atoms with Crippen molar-refractivity contribution in [2.75, 3.05) is 13.1 Å². The fourth-order valence-corrected chi connectivity index (χ4v) is 2.87. The van der Waals surface area contributed by atoms with Crippen molar-refractivity contribution in [3.05, 3.63) is 34.9 Å². The molecule has 1 nitrogen and oxygen atoms in total. The summed E-state index contributed by atoms with van der Waals surface area (Å²) >= 11 is 0. The van der Waals surface area contributed by atoms with Gasteiger partial charge in [-0.05, 0) is 51.3 Å². The lowest BCUT2D eigenvalue weighted by Gasteiger charge is -2.34. The zero-order chi connectivity index (χ0) is 13.2. The molecule has 1 N–H and O–H groups in total. The third-order valence-corrected chi connectivity index (χ3v) is 4.19. The number of piperidine rings is 1. The predicted octanol–water partition coefficient (Wildman–Crippen LogP) is 3.57. The SMILES string of the molecule is Cc1ccc(C)c(CC(C)(F)C2CCCNC2)c1. The van der Waals surface area contributed by atoms with Crippen LogP contribution in [0.2, 0.25) is 0 Å². The Bertz CT molecular complexity index is 406. The highest BCUT2D eigenvalue weighted by molar-refractivity contribution is 5.31. The first-order chi connectivity index (χ1) is 8.49. The summed E-state index contributed by atoms with van der Waals surface area (Å²) in [6.07, 6.45) is 2.63. The van der Waals surface area contributed by atoms with Gasteiger partial charge < -0.3 is 5.32 Å². The number of rotatable bonds is 3. The number of nitrogens with one attached hydrogen (secondary N) is 1. The minimum Gasteiger partial charge on any atom is -0.316 e. The van der Waals surface area contributed by atoms with E-state index in [1.165, 1.54) is 11.1 Å². The van der Waals surface area contributed by atoms with Gasteiger partial charge in [0.2, 0.25) is 0 Å². The van der Waals surface area contributed by atoms with E-state index in [1.807, 2.05) is 0 Å². The second-order valence-electron chi connectivity index (χ2n) is 5.93. The van der Waals surface area contributed by atoms with E-state index in [2.05, 4.69) is 37.4 Å². The fraction of sp³-hybridized carbons (Fsp3) is 0.625. The van der Waals surface area contributed by atoms with Crippen molar-refractivity contribution in [2.45, 2.75) is 45.7 Å². The van der Waals surface area contributed by atoms with Crippen LogP contribution in [-0.4, -0.2) is 18.8 Å². The van der Waals surface area contributed by atoms with Crippen LogP contribution >= 0.6 is 0 Å². The van der Waals surface area contributed by atoms with Crippen molar-refractivity contribution in [2.24, 2.45) is 5.92 Å². The molecule has 1 aromatic carbocycles. The lowest BCUT2D eigenvalue weighted by atomic mass is 9.80. The van der Waals surface area contributed by atoms with E-state index in [0.29, 0.717) is 6.42 Å². The zero-order valence-electron chi connectivity index (χ0n) is 11.7. The molecule has 1 aliphatic rings. The Morgan fingerprint density at radius 3 is 2.83 bits per heavy atom. The van der Waals surface area contributed by atoms with Crippen LogP contribution in [0.3, 0.4) is 0 Å². The molecular weight excluding hydrogens is 225 g/mol. The van der Waals surface area contributed by atoms with E-state index < -0.39 is 5.67 Å². The normalized spacial score (nSPS) is 23.7. The smallest absolute Gasteiger partial charge is 0.116 e. The second kappa shape index (κ2) is 5.40. The summed E-state index contributed by atoms with van der Waals surface area (Å²) in [5, 5.41) is 3.31.